The second kappa shape index (κ2) is 8.75. The molecule has 1 aromatic heterocycles. The molecule has 0 saturated heterocycles. The van der Waals surface area contributed by atoms with Gasteiger partial charge in [0.1, 0.15) is 11.1 Å². The highest BCUT2D eigenvalue weighted by atomic mass is 32.2. The van der Waals surface area contributed by atoms with Crippen LogP contribution < -0.4 is 5.32 Å². The van der Waals surface area contributed by atoms with Gasteiger partial charge < -0.3 is 10.3 Å². The van der Waals surface area contributed by atoms with E-state index >= 15 is 0 Å². The standard InChI is InChI=1S/C23H18FN3OS/c24-18-13-11-16(12-14-18)20-15-25-23(27-20)29-21(17-7-3-1-4-8-17)22(28)26-19-9-5-2-6-10-19/h1-15,21H,(H,25,27)(H,26,28). The number of hydrogen-bond donors (Lipinski definition) is 2. The Kier molecular flexibility index (Phi) is 5.72. The van der Waals surface area contributed by atoms with Gasteiger partial charge in [0.25, 0.3) is 0 Å². The maximum absolute atomic E-state index is 13.2. The number of imidazole rings is 1. The first kappa shape index (κ1) is 19.0. The van der Waals surface area contributed by atoms with Crippen LogP contribution in [0.4, 0.5) is 10.1 Å². The predicted molar refractivity (Wildman–Crippen MR) is 114 cm³/mol. The summed E-state index contributed by atoms with van der Waals surface area (Å²) in [5.41, 5.74) is 3.22. The largest absolute Gasteiger partial charge is 0.333 e. The number of nitrogens with zero attached hydrogens (tertiary/aromatic N) is 1. The molecule has 1 unspecified atom stereocenters. The van der Waals surface area contributed by atoms with Gasteiger partial charge in [-0.05, 0) is 47.5 Å². The number of anilines is 1. The number of rotatable bonds is 6. The monoisotopic (exact) mass is 403 g/mol. The van der Waals surface area contributed by atoms with Crippen molar-refractivity contribution < 1.29 is 9.18 Å². The molecule has 1 heterocycles. The summed E-state index contributed by atoms with van der Waals surface area (Å²) in [5.74, 6) is -0.420. The third-order valence-corrected chi connectivity index (χ3v) is 5.47. The lowest BCUT2D eigenvalue weighted by atomic mass is 10.1. The number of carbonyl (C=O) groups is 1. The maximum atomic E-state index is 13.2. The van der Waals surface area contributed by atoms with Crippen molar-refractivity contribution in [2.24, 2.45) is 0 Å². The zero-order valence-corrected chi connectivity index (χ0v) is 16.2. The lowest BCUT2D eigenvalue weighted by Crippen LogP contribution is -2.19. The average Bonchev–Trinajstić information content (AvgIpc) is 3.22. The van der Waals surface area contributed by atoms with Crippen molar-refractivity contribution in [2.75, 3.05) is 5.32 Å². The van der Waals surface area contributed by atoms with Gasteiger partial charge in [0, 0.05) is 5.69 Å². The van der Waals surface area contributed by atoms with E-state index in [1.807, 2.05) is 60.7 Å². The van der Waals surface area contributed by atoms with E-state index in [4.69, 9.17) is 0 Å². The molecule has 0 fully saturated rings. The van der Waals surface area contributed by atoms with Crippen LogP contribution in [0.3, 0.4) is 0 Å². The summed E-state index contributed by atoms with van der Waals surface area (Å²) in [6.45, 7) is 0. The van der Waals surface area contributed by atoms with Crippen LogP contribution in [0.5, 0.6) is 0 Å². The number of amides is 1. The third kappa shape index (κ3) is 4.73. The molecule has 29 heavy (non-hydrogen) atoms. The summed E-state index contributed by atoms with van der Waals surface area (Å²) < 4.78 is 13.2. The van der Waals surface area contributed by atoms with Crippen molar-refractivity contribution in [1.82, 2.24) is 9.97 Å². The molecule has 4 rings (SSSR count). The minimum Gasteiger partial charge on any atom is -0.333 e. The molecular formula is C23H18FN3OS. The third-order valence-electron chi connectivity index (χ3n) is 4.32. The van der Waals surface area contributed by atoms with Crippen molar-refractivity contribution in [3.63, 3.8) is 0 Å². The van der Waals surface area contributed by atoms with E-state index in [0.717, 1.165) is 22.5 Å². The van der Waals surface area contributed by atoms with Crippen molar-refractivity contribution in [2.45, 2.75) is 10.4 Å². The van der Waals surface area contributed by atoms with Crippen LogP contribution in [-0.2, 0) is 4.79 Å². The summed E-state index contributed by atoms with van der Waals surface area (Å²) in [7, 11) is 0. The number of para-hydroxylation sites is 1. The first-order valence-electron chi connectivity index (χ1n) is 9.07. The van der Waals surface area contributed by atoms with Gasteiger partial charge >= 0.3 is 0 Å². The van der Waals surface area contributed by atoms with E-state index in [1.54, 1.807) is 18.3 Å². The Hall–Kier alpha value is -3.38. The van der Waals surface area contributed by atoms with Gasteiger partial charge in [-0.25, -0.2) is 9.37 Å². The molecule has 144 valence electrons. The first-order chi connectivity index (χ1) is 14.2. The number of thioether (sulfide) groups is 1. The molecule has 2 N–H and O–H groups in total. The molecule has 3 aromatic carbocycles. The van der Waals surface area contributed by atoms with Crippen molar-refractivity contribution in [1.29, 1.82) is 0 Å². The second-order valence-corrected chi connectivity index (χ2v) is 7.47. The van der Waals surface area contributed by atoms with Gasteiger partial charge in [0.05, 0.1) is 11.9 Å². The number of hydrogen-bond acceptors (Lipinski definition) is 3. The molecule has 0 bridgehead atoms. The summed E-state index contributed by atoms with van der Waals surface area (Å²) in [4.78, 5) is 20.6. The average molecular weight is 403 g/mol. The van der Waals surface area contributed by atoms with E-state index in [1.165, 1.54) is 23.9 Å². The van der Waals surface area contributed by atoms with Gasteiger partial charge in [-0.2, -0.15) is 0 Å². The Labute approximate surface area is 172 Å². The van der Waals surface area contributed by atoms with Crippen molar-refractivity contribution in [3.05, 3.63) is 103 Å². The molecule has 0 aliphatic heterocycles. The SMILES string of the molecule is O=C(Nc1ccccc1)C(Sc1ncc(-c2ccc(F)cc2)[nH]1)c1ccccc1. The van der Waals surface area contributed by atoms with Gasteiger partial charge in [0.15, 0.2) is 5.16 Å². The van der Waals surface area contributed by atoms with Crippen molar-refractivity contribution >= 4 is 23.4 Å². The van der Waals surface area contributed by atoms with Crippen LogP contribution in [0.2, 0.25) is 0 Å². The molecule has 4 nitrogen and oxygen atoms in total. The minimum atomic E-state index is -0.483. The molecule has 4 aromatic rings. The highest BCUT2D eigenvalue weighted by Gasteiger charge is 2.23. The van der Waals surface area contributed by atoms with Gasteiger partial charge in [-0.1, -0.05) is 60.3 Å². The second-order valence-electron chi connectivity index (χ2n) is 6.37. The molecular weight excluding hydrogens is 385 g/mol. The number of halogens is 1. The molecule has 0 spiro atoms. The van der Waals surface area contributed by atoms with Gasteiger partial charge in [0.2, 0.25) is 5.91 Å². The molecule has 6 heteroatoms. The lowest BCUT2D eigenvalue weighted by molar-refractivity contribution is -0.115. The number of nitrogens with one attached hydrogen (secondary N) is 2. The fourth-order valence-corrected chi connectivity index (χ4v) is 3.85. The normalized spacial score (nSPS) is 11.8. The minimum absolute atomic E-state index is 0.132. The molecule has 0 aliphatic carbocycles. The Morgan fingerprint density at radius 1 is 0.931 bits per heavy atom. The van der Waals surface area contributed by atoms with E-state index in [9.17, 15) is 9.18 Å². The number of carbonyl (C=O) groups excluding carboxylic acids is 1. The lowest BCUT2D eigenvalue weighted by Gasteiger charge is -2.16. The zero-order chi connectivity index (χ0) is 20.1. The maximum Gasteiger partial charge on any atom is 0.242 e. The summed E-state index contributed by atoms with van der Waals surface area (Å²) in [6.07, 6.45) is 1.69. The van der Waals surface area contributed by atoms with E-state index in [-0.39, 0.29) is 11.7 Å². The molecule has 1 amide bonds. The number of aromatic nitrogens is 2. The Bertz CT molecular complexity index is 1080. The highest BCUT2D eigenvalue weighted by Crippen LogP contribution is 2.35. The quantitative estimate of drug-likeness (QED) is 0.407. The Morgan fingerprint density at radius 3 is 2.28 bits per heavy atom. The highest BCUT2D eigenvalue weighted by molar-refractivity contribution is 8.00. The van der Waals surface area contributed by atoms with Crippen molar-refractivity contribution in [3.8, 4) is 11.3 Å². The fourth-order valence-electron chi connectivity index (χ4n) is 2.88. The summed E-state index contributed by atoms with van der Waals surface area (Å²) in [5, 5.41) is 3.09. The Balaban J connectivity index is 1.57. The van der Waals surface area contributed by atoms with Crippen LogP contribution in [0.25, 0.3) is 11.3 Å². The zero-order valence-electron chi connectivity index (χ0n) is 15.4. The van der Waals surface area contributed by atoms with Gasteiger partial charge in [-0.3, -0.25) is 4.79 Å². The van der Waals surface area contributed by atoms with E-state index in [2.05, 4.69) is 15.3 Å². The molecule has 0 aliphatic rings. The van der Waals surface area contributed by atoms with Crippen LogP contribution in [0, 0.1) is 5.82 Å². The van der Waals surface area contributed by atoms with Crippen LogP contribution in [0.1, 0.15) is 10.8 Å². The van der Waals surface area contributed by atoms with Crippen LogP contribution in [0.15, 0.2) is 96.3 Å². The van der Waals surface area contributed by atoms with Crippen LogP contribution in [-0.4, -0.2) is 15.9 Å². The molecule has 1 atom stereocenters. The smallest absolute Gasteiger partial charge is 0.242 e. The number of benzene rings is 3. The summed E-state index contributed by atoms with van der Waals surface area (Å²) >= 11 is 1.34. The Morgan fingerprint density at radius 2 is 1.59 bits per heavy atom. The fraction of sp³-hybridized carbons (Fsp3) is 0.0435. The topological polar surface area (TPSA) is 57.8 Å². The van der Waals surface area contributed by atoms with Crippen LogP contribution >= 0.6 is 11.8 Å². The predicted octanol–water partition coefficient (Wildman–Crippen LogP) is 5.69. The first-order valence-corrected chi connectivity index (χ1v) is 9.95. The number of aromatic amines is 1. The van der Waals surface area contributed by atoms with E-state index < -0.39 is 5.25 Å². The molecule has 0 radical (unpaired) electrons. The summed E-state index contributed by atoms with van der Waals surface area (Å²) in [6, 6.07) is 25.1. The molecule has 0 saturated carbocycles. The van der Waals surface area contributed by atoms with Gasteiger partial charge in [-0.15, -0.1) is 0 Å². The number of H-pyrrole nitrogens is 1. The van der Waals surface area contributed by atoms with E-state index in [0.29, 0.717) is 5.16 Å².